The predicted molar refractivity (Wildman–Crippen MR) is 75.1 cm³/mol. The average Bonchev–Trinajstić information content (AvgIpc) is 2.86. The minimum atomic E-state index is 0.215. The van der Waals surface area contributed by atoms with E-state index in [1.54, 1.807) is 6.07 Å². The van der Waals surface area contributed by atoms with Crippen molar-refractivity contribution in [1.82, 2.24) is 9.80 Å². The first-order valence-corrected chi connectivity index (χ1v) is 6.92. The second kappa shape index (κ2) is 6.41. The highest BCUT2D eigenvalue weighted by Crippen LogP contribution is 2.27. The lowest BCUT2D eigenvalue weighted by atomic mass is 10.2. The van der Waals surface area contributed by atoms with Crippen LogP contribution in [0.5, 0.6) is 5.75 Å². The number of hydrogen-bond acceptors (Lipinski definition) is 3. The SMILES string of the molecule is CN(CCN1CCCC1)Cc1cccc(Cl)c1O. The van der Waals surface area contributed by atoms with E-state index in [1.807, 2.05) is 12.1 Å². The van der Waals surface area contributed by atoms with Gasteiger partial charge in [0.25, 0.3) is 0 Å². The van der Waals surface area contributed by atoms with Crippen LogP contribution in [-0.2, 0) is 6.54 Å². The summed E-state index contributed by atoms with van der Waals surface area (Å²) in [5.74, 6) is 0.215. The van der Waals surface area contributed by atoms with Gasteiger partial charge in [-0.25, -0.2) is 0 Å². The smallest absolute Gasteiger partial charge is 0.138 e. The molecule has 0 aromatic heterocycles. The van der Waals surface area contributed by atoms with Crippen LogP contribution in [0.4, 0.5) is 0 Å². The monoisotopic (exact) mass is 268 g/mol. The summed E-state index contributed by atoms with van der Waals surface area (Å²) in [4.78, 5) is 4.72. The van der Waals surface area contributed by atoms with Gasteiger partial charge in [-0.05, 0) is 39.0 Å². The molecule has 18 heavy (non-hydrogen) atoms. The minimum Gasteiger partial charge on any atom is -0.506 e. The standard InChI is InChI=1S/C14H21ClN2O/c1-16(9-10-17-7-2-3-8-17)11-12-5-4-6-13(15)14(12)18/h4-6,18H,2-3,7-11H2,1H3. The van der Waals surface area contributed by atoms with Crippen molar-refractivity contribution in [2.24, 2.45) is 0 Å². The van der Waals surface area contributed by atoms with Crippen LogP contribution in [-0.4, -0.2) is 48.1 Å². The second-order valence-corrected chi connectivity index (χ2v) is 5.44. The van der Waals surface area contributed by atoms with E-state index in [-0.39, 0.29) is 5.75 Å². The summed E-state index contributed by atoms with van der Waals surface area (Å²) in [6, 6.07) is 5.52. The Hall–Kier alpha value is -0.770. The van der Waals surface area contributed by atoms with E-state index in [1.165, 1.54) is 25.9 Å². The van der Waals surface area contributed by atoms with Gasteiger partial charge in [-0.15, -0.1) is 0 Å². The highest BCUT2D eigenvalue weighted by atomic mass is 35.5. The maximum Gasteiger partial charge on any atom is 0.138 e. The quantitative estimate of drug-likeness (QED) is 0.889. The third-order valence-electron chi connectivity index (χ3n) is 3.51. The number of rotatable bonds is 5. The van der Waals surface area contributed by atoms with Crippen molar-refractivity contribution in [2.45, 2.75) is 19.4 Å². The van der Waals surface area contributed by atoms with E-state index >= 15 is 0 Å². The van der Waals surface area contributed by atoms with Gasteiger partial charge < -0.3 is 14.9 Å². The Kier molecular flexibility index (Phi) is 4.87. The molecule has 0 unspecified atom stereocenters. The molecule has 0 bridgehead atoms. The number of likely N-dealkylation sites (tertiary alicyclic amines) is 1. The molecule has 1 saturated heterocycles. The Morgan fingerprint density at radius 1 is 1.33 bits per heavy atom. The van der Waals surface area contributed by atoms with Crippen LogP contribution in [0.2, 0.25) is 5.02 Å². The largest absolute Gasteiger partial charge is 0.506 e. The number of benzene rings is 1. The van der Waals surface area contributed by atoms with Gasteiger partial charge in [0.1, 0.15) is 5.75 Å². The molecule has 3 nitrogen and oxygen atoms in total. The fraction of sp³-hybridized carbons (Fsp3) is 0.571. The molecule has 1 aliphatic heterocycles. The molecule has 1 aliphatic rings. The van der Waals surface area contributed by atoms with E-state index < -0.39 is 0 Å². The number of halogens is 1. The number of likely N-dealkylation sites (N-methyl/N-ethyl adjacent to an activating group) is 1. The molecule has 1 N–H and O–H groups in total. The highest BCUT2D eigenvalue weighted by Gasteiger charge is 2.13. The molecule has 100 valence electrons. The van der Waals surface area contributed by atoms with Crippen LogP contribution in [0, 0.1) is 0 Å². The molecule has 0 aliphatic carbocycles. The molecule has 1 aromatic rings. The van der Waals surface area contributed by atoms with Crippen molar-refractivity contribution in [1.29, 1.82) is 0 Å². The molecule has 2 rings (SSSR count). The van der Waals surface area contributed by atoms with Crippen molar-refractivity contribution < 1.29 is 5.11 Å². The van der Waals surface area contributed by atoms with Crippen LogP contribution in [0.25, 0.3) is 0 Å². The first-order valence-electron chi connectivity index (χ1n) is 6.54. The van der Waals surface area contributed by atoms with Crippen LogP contribution in [0.15, 0.2) is 18.2 Å². The Balaban J connectivity index is 1.82. The van der Waals surface area contributed by atoms with Crippen LogP contribution in [0.3, 0.4) is 0 Å². The number of aromatic hydroxyl groups is 1. The van der Waals surface area contributed by atoms with Gasteiger partial charge >= 0.3 is 0 Å². The van der Waals surface area contributed by atoms with Gasteiger partial charge in [0.05, 0.1) is 5.02 Å². The zero-order valence-corrected chi connectivity index (χ0v) is 11.7. The van der Waals surface area contributed by atoms with Crippen LogP contribution in [0.1, 0.15) is 18.4 Å². The molecule has 0 saturated carbocycles. The van der Waals surface area contributed by atoms with Crippen LogP contribution < -0.4 is 0 Å². The molecular weight excluding hydrogens is 248 g/mol. The predicted octanol–water partition coefficient (Wildman–Crippen LogP) is 2.57. The number of phenolic OH excluding ortho intramolecular Hbond substituents is 1. The van der Waals surface area contributed by atoms with E-state index in [0.717, 1.165) is 25.2 Å². The molecule has 1 heterocycles. The van der Waals surface area contributed by atoms with Gasteiger partial charge in [-0.3, -0.25) is 0 Å². The maximum atomic E-state index is 9.86. The second-order valence-electron chi connectivity index (χ2n) is 5.03. The Labute approximate surface area is 114 Å². The molecule has 0 radical (unpaired) electrons. The van der Waals surface area contributed by atoms with E-state index in [2.05, 4.69) is 16.8 Å². The summed E-state index contributed by atoms with van der Waals surface area (Å²) in [6.07, 6.45) is 2.66. The average molecular weight is 269 g/mol. The summed E-state index contributed by atoms with van der Waals surface area (Å²) in [6.45, 7) is 5.33. The Bertz CT molecular complexity index is 391. The summed E-state index contributed by atoms with van der Waals surface area (Å²) < 4.78 is 0. The van der Waals surface area contributed by atoms with Crippen LogP contribution >= 0.6 is 11.6 Å². The number of nitrogens with zero attached hydrogens (tertiary/aromatic N) is 2. The molecule has 1 fully saturated rings. The first-order chi connectivity index (χ1) is 8.66. The van der Waals surface area contributed by atoms with Gasteiger partial charge in [-0.1, -0.05) is 23.7 Å². The van der Waals surface area contributed by atoms with Crippen molar-refractivity contribution in [3.63, 3.8) is 0 Å². The summed E-state index contributed by atoms with van der Waals surface area (Å²) in [5.41, 5.74) is 0.895. The topological polar surface area (TPSA) is 26.7 Å². The van der Waals surface area contributed by atoms with E-state index in [0.29, 0.717) is 5.02 Å². The van der Waals surface area contributed by atoms with Gasteiger partial charge in [-0.2, -0.15) is 0 Å². The summed E-state index contributed by atoms with van der Waals surface area (Å²) in [7, 11) is 2.08. The zero-order chi connectivity index (χ0) is 13.0. The number of hydrogen-bond donors (Lipinski definition) is 1. The lowest BCUT2D eigenvalue weighted by Gasteiger charge is -2.21. The van der Waals surface area contributed by atoms with Gasteiger partial charge in [0.2, 0.25) is 0 Å². The minimum absolute atomic E-state index is 0.215. The van der Waals surface area contributed by atoms with Crippen molar-refractivity contribution in [3.8, 4) is 5.75 Å². The third-order valence-corrected chi connectivity index (χ3v) is 3.81. The van der Waals surface area contributed by atoms with Crippen molar-refractivity contribution in [3.05, 3.63) is 28.8 Å². The number of para-hydroxylation sites is 1. The van der Waals surface area contributed by atoms with E-state index in [4.69, 9.17) is 11.6 Å². The lowest BCUT2D eigenvalue weighted by molar-refractivity contribution is 0.250. The Morgan fingerprint density at radius 3 is 2.78 bits per heavy atom. The summed E-state index contributed by atoms with van der Waals surface area (Å²) in [5, 5.41) is 10.3. The number of phenols is 1. The maximum absolute atomic E-state index is 9.86. The Morgan fingerprint density at radius 2 is 2.06 bits per heavy atom. The van der Waals surface area contributed by atoms with Crippen molar-refractivity contribution >= 4 is 11.6 Å². The molecule has 4 heteroatoms. The molecule has 0 atom stereocenters. The zero-order valence-electron chi connectivity index (χ0n) is 10.9. The summed E-state index contributed by atoms with van der Waals surface area (Å²) >= 11 is 5.90. The van der Waals surface area contributed by atoms with Gasteiger partial charge in [0.15, 0.2) is 0 Å². The molecule has 1 aromatic carbocycles. The van der Waals surface area contributed by atoms with Crippen molar-refractivity contribution in [2.75, 3.05) is 33.2 Å². The molecule has 0 spiro atoms. The van der Waals surface area contributed by atoms with Gasteiger partial charge in [0, 0.05) is 25.2 Å². The van der Waals surface area contributed by atoms with E-state index in [9.17, 15) is 5.11 Å². The third kappa shape index (κ3) is 3.61. The fourth-order valence-corrected chi connectivity index (χ4v) is 2.57. The lowest BCUT2D eigenvalue weighted by Crippen LogP contribution is -2.31. The molecular formula is C14H21ClN2O. The molecule has 0 amide bonds. The normalized spacial score (nSPS) is 16.6. The fourth-order valence-electron chi connectivity index (χ4n) is 2.38. The first kappa shape index (κ1) is 13.7. The highest BCUT2D eigenvalue weighted by molar-refractivity contribution is 6.32.